The molecule has 0 saturated heterocycles. The van der Waals surface area contributed by atoms with Crippen LogP contribution in [0.4, 0.5) is 5.69 Å². The second-order valence-corrected chi connectivity index (χ2v) is 5.20. The first kappa shape index (κ1) is 12.1. The molecule has 0 radical (unpaired) electrons. The summed E-state index contributed by atoms with van der Waals surface area (Å²) in [5.74, 6) is 0. The molecule has 90 valence electrons. The lowest BCUT2D eigenvalue weighted by Gasteiger charge is -2.05. The molecule has 2 aromatic rings. The first-order chi connectivity index (χ1) is 8.25. The zero-order chi connectivity index (χ0) is 12.1. The number of thiophene rings is 1. The highest BCUT2D eigenvalue weighted by Gasteiger charge is 1.99. The van der Waals surface area contributed by atoms with E-state index in [4.69, 9.17) is 5.73 Å². The molecule has 0 saturated carbocycles. The van der Waals surface area contributed by atoms with Gasteiger partial charge in [0.2, 0.25) is 0 Å². The highest BCUT2D eigenvalue weighted by molar-refractivity contribution is 7.10. The van der Waals surface area contributed by atoms with Crippen molar-refractivity contribution < 1.29 is 0 Å². The SMILES string of the molecule is Cc1ccsc1CNCCc1cccc(N)c1. The number of aryl methyl sites for hydroxylation is 1. The van der Waals surface area contributed by atoms with Gasteiger partial charge in [-0.2, -0.15) is 0 Å². The topological polar surface area (TPSA) is 38.0 Å². The minimum Gasteiger partial charge on any atom is -0.399 e. The van der Waals surface area contributed by atoms with Gasteiger partial charge >= 0.3 is 0 Å². The molecule has 17 heavy (non-hydrogen) atoms. The van der Waals surface area contributed by atoms with E-state index in [1.54, 1.807) is 0 Å². The quantitative estimate of drug-likeness (QED) is 0.629. The van der Waals surface area contributed by atoms with Crippen LogP contribution in [0.25, 0.3) is 0 Å². The smallest absolute Gasteiger partial charge is 0.0316 e. The fourth-order valence-corrected chi connectivity index (χ4v) is 2.64. The van der Waals surface area contributed by atoms with Crippen LogP contribution in [-0.4, -0.2) is 6.54 Å². The summed E-state index contributed by atoms with van der Waals surface area (Å²) in [7, 11) is 0. The highest BCUT2D eigenvalue weighted by Crippen LogP contribution is 2.14. The van der Waals surface area contributed by atoms with E-state index in [-0.39, 0.29) is 0 Å². The summed E-state index contributed by atoms with van der Waals surface area (Å²) >= 11 is 1.82. The number of hydrogen-bond acceptors (Lipinski definition) is 3. The normalized spacial score (nSPS) is 10.6. The van der Waals surface area contributed by atoms with Gasteiger partial charge in [-0.05, 0) is 54.6 Å². The molecule has 0 spiro atoms. The van der Waals surface area contributed by atoms with Crippen LogP contribution in [0.5, 0.6) is 0 Å². The Morgan fingerprint density at radius 2 is 2.18 bits per heavy atom. The van der Waals surface area contributed by atoms with Crippen molar-refractivity contribution in [1.29, 1.82) is 0 Å². The molecule has 0 amide bonds. The summed E-state index contributed by atoms with van der Waals surface area (Å²) in [4.78, 5) is 1.43. The van der Waals surface area contributed by atoms with Gasteiger partial charge in [-0.15, -0.1) is 11.3 Å². The lowest BCUT2D eigenvalue weighted by molar-refractivity contribution is 0.692. The van der Waals surface area contributed by atoms with Gasteiger partial charge in [-0.25, -0.2) is 0 Å². The van der Waals surface area contributed by atoms with Crippen molar-refractivity contribution in [3.63, 3.8) is 0 Å². The van der Waals surface area contributed by atoms with E-state index in [1.807, 2.05) is 29.5 Å². The number of nitrogens with two attached hydrogens (primary N) is 1. The lowest BCUT2D eigenvalue weighted by atomic mass is 10.1. The molecular formula is C14H18N2S. The van der Waals surface area contributed by atoms with Crippen LogP contribution in [0, 0.1) is 6.92 Å². The number of anilines is 1. The van der Waals surface area contributed by atoms with E-state index in [1.165, 1.54) is 16.0 Å². The summed E-state index contributed by atoms with van der Waals surface area (Å²) < 4.78 is 0. The van der Waals surface area contributed by atoms with E-state index >= 15 is 0 Å². The van der Waals surface area contributed by atoms with Gasteiger partial charge in [0.15, 0.2) is 0 Å². The Kier molecular flexibility index (Phi) is 4.18. The van der Waals surface area contributed by atoms with E-state index in [9.17, 15) is 0 Å². The largest absolute Gasteiger partial charge is 0.399 e. The van der Waals surface area contributed by atoms with Crippen LogP contribution in [-0.2, 0) is 13.0 Å². The Morgan fingerprint density at radius 3 is 2.88 bits per heavy atom. The molecule has 1 aromatic carbocycles. The summed E-state index contributed by atoms with van der Waals surface area (Å²) in [5.41, 5.74) is 9.26. The number of rotatable bonds is 5. The fraction of sp³-hybridized carbons (Fsp3) is 0.286. The maximum atomic E-state index is 5.74. The van der Waals surface area contributed by atoms with Crippen LogP contribution in [0.2, 0.25) is 0 Å². The fourth-order valence-electron chi connectivity index (χ4n) is 1.77. The Morgan fingerprint density at radius 1 is 1.29 bits per heavy atom. The van der Waals surface area contributed by atoms with Gasteiger partial charge in [0, 0.05) is 17.1 Å². The number of benzene rings is 1. The van der Waals surface area contributed by atoms with Crippen molar-refractivity contribution in [2.45, 2.75) is 19.9 Å². The maximum absolute atomic E-state index is 5.74. The molecule has 0 atom stereocenters. The van der Waals surface area contributed by atoms with E-state index < -0.39 is 0 Å². The highest BCUT2D eigenvalue weighted by atomic mass is 32.1. The van der Waals surface area contributed by atoms with Crippen molar-refractivity contribution in [1.82, 2.24) is 5.32 Å². The predicted octanol–water partition coefficient (Wildman–Crippen LogP) is 2.97. The zero-order valence-electron chi connectivity index (χ0n) is 10.1. The van der Waals surface area contributed by atoms with Crippen molar-refractivity contribution in [2.75, 3.05) is 12.3 Å². The molecule has 3 N–H and O–H groups in total. The van der Waals surface area contributed by atoms with Crippen molar-refractivity contribution in [3.05, 3.63) is 51.7 Å². The number of nitrogen functional groups attached to an aromatic ring is 1. The average molecular weight is 246 g/mol. The third-order valence-corrected chi connectivity index (χ3v) is 3.82. The second kappa shape index (κ2) is 5.84. The Labute approximate surface area is 106 Å². The molecule has 0 unspecified atom stereocenters. The molecule has 2 nitrogen and oxygen atoms in total. The van der Waals surface area contributed by atoms with Crippen molar-refractivity contribution in [2.24, 2.45) is 0 Å². The first-order valence-corrected chi connectivity index (χ1v) is 6.72. The summed E-state index contributed by atoms with van der Waals surface area (Å²) in [6, 6.07) is 10.3. The molecule has 2 rings (SSSR count). The summed E-state index contributed by atoms with van der Waals surface area (Å²) in [6.07, 6.45) is 1.02. The molecule has 1 aromatic heterocycles. The Bertz CT molecular complexity index is 477. The van der Waals surface area contributed by atoms with Crippen LogP contribution in [0.3, 0.4) is 0 Å². The van der Waals surface area contributed by atoms with Crippen LogP contribution >= 0.6 is 11.3 Å². The molecule has 0 aliphatic rings. The average Bonchev–Trinajstić information content (AvgIpc) is 2.71. The summed E-state index contributed by atoms with van der Waals surface area (Å²) in [5, 5.41) is 5.61. The lowest BCUT2D eigenvalue weighted by Crippen LogP contribution is -2.16. The minimum atomic E-state index is 0.844. The number of hydrogen-bond donors (Lipinski definition) is 2. The van der Waals surface area contributed by atoms with Gasteiger partial charge in [0.05, 0.1) is 0 Å². The number of nitrogens with one attached hydrogen (secondary N) is 1. The van der Waals surface area contributed by atoms with Gasteiger partial charge in [-0.3, -0.25) is 0 Å². The maximum Gasteiger partial charge on any atom is 0.0316 e. The predicted molar refractivity (Wildman–Crippen MR) is 75.3 cm³/mol. The third kappa shape index (κ3) is 3.58. The molecular weight excluding hydrogens is 228 g/mol. The van der Waals surface area contributed by atoms with E-state index in [0.29, 0.717) is 0 Å². The zero-order valence-corrected chi connectivity index (χ0v) is 10.9. The van der Waals surface area contributed by atoms with Crippen molar-refractivity contribution >= 4 is 17.0 Å². The Balaban J connectivity index is 1.75. The van der Waals surface area contributed by atoms with Gasteiger partial charge < -0.3 is 11.1 Å². The van der Waals surface area contributed by atoms with Crippen LogP contribution < -0.4 is 11.1 Å². The minimum absolute atomic E-state index is 0.844. The van der Waals surface area contributed by atoms with Crippen LogP contribution in [0.1, 0.15) is 16.0 Å². The molecule has 0 bridgehead atoms. The third-order valence-electron chi connectivity index (χ3n) is 2.80. The second-order valence-electron chi connectivity index (χ2n) is 4.20. The van der Waals surface area contributed by atoms with Crippen LogP contribution in [0.15, 0.2) is 35.7 Å². The molecule has 0 aliphatic carbocycles. The summed E-state index contributed by atoms with van der Waals surface area (Å²) in [6.45, 7) is 4.11. The standard InChI is InChI=1S/C14H18N2S/c1-11-6-8-17-14(11)10-16-7-5-12-3-2-4-13(15)9-12/h2-4,6,8-9,16H,5,7,10,15H2,1H3. The molecule has 0 aliphatic heterocycles. The van der Waals surface area contributed by atoms with E-state index in [0.717, 1.165) is 25.2 Å². The monoisotopic (exact) mass is 246 g/mol. The Hall–Kier alpha value is -1.32. The molecule has 0 fully saturated rings. The van der Waals surface area contributed by atoms with E-state index in [2.05, 4.69) is 29.8 Å². The van der Waals surface area contributed by atoms with Gasteiger partial charge in [0.25, 0.3) is 0 Å². The molecule has 3 heteroatoms. The first-order valence-electron chi connectivity index (χ1n) is 5.84. The van der Waals surface area contributed by atoms with Crippen molar-refractivity contribution in [3.8, 4) is 0 Å². The van der Waals surface area contributed by atoms with Gasteiger partial charge in [0.1, 0.15) is 0 Å². The molecule has 1 heterocycles. The van der Waals surface area contributed by atoms with Gasteiger partial charge in [-0.1, -0.05) is 12.1 Å².